The third kappa shape index (κ3) is 8.64. The largest absolute Gasteiger partial charge is 0.478 e. The van der Waals surface area contributed by atoms with Gasteiger partial charge in [0.05, 0.1) is 24.4 Å². The van der Waals surface area contributed by atoms with Crippen molar-refractivity contribution in [1.82, 2.24) is 5.32 Å². The molecule has 4 rings (SSSR count). The smallest absolute Gasteiger partial charge is 0.335 e. The number of benzene rings is 3. The molecule has 216 valence electrons. The molecule has 1 aliphatic rings. The highest BCUT2D eigenvalue weighted by Gasteiger charge is 2.32. The van der Waals surface area contributed by atoms with Crippen molar-refractivity contribution in [2.75, 3.05) is 5.75 Å². The molecule has 3 aromatic carbocycles. The lowest BCUT2D eigenvalue weighted by Gasteiger charge is -2.36. The van der Waals surface area contributed by atoms with Gasteiger partial charge in [-0.3, -0.25) is 9.59 Å². The van der Waals surface area contributed by atoms with Crippen LogP contribution in [0, 0.1) is 0 Å². The van der Waals surface area contributed by atoms with Gasteiger partial charge in [0.1, 0.15) is 0 Å². The molecule has 9 nitrogen and oxygen atoms in total. The highest BCUT2D eigenvalue weighted by Crippen LogP contribution is 2.39. The summed E-state index contributed by atoms with van der Waals surface area (Å²) < 4.78 is 17.7. The summed E-state index contributed by atoms with van der Waals surface area (Å²) in [7, 11) is 0. The number of esters is 1. The van der Waals surface area contributed by atoms with Crippen molar-refractivity contribution in [2.24, 2.45) is 0 Å². The van der Waals surface area contributed by atoms with Crippen molar-refractivity contribution in [3.8, 4) is 0 Å². The average molecular weight is 580 g/mol. The van der Waals surface area contributed by atoms with Gasteiger partial charge in [0.25, 0.3) is 5.91 Å². The number of hydrogen-bond donors (Lipinski definition) is 3. The first-order valence-corrected chi connectivity index (χ1v) is 14.2. The van der Waals surface area contributed by atoms with Gasteiger partial charge in [-0.05, 0) is 47.9 Å². The Balaban J connectivity index is 1.44. The molecule has 1 amide bonds. The summed E-state index contributed by atoms with van der Waals surface area (Å²) in [6, 6.07) is 22.0. The first kappa shape index (κ1) is 30.3. The third-order valence-electron chi connectivity index (χ3n) is 6.58. The summed E-state index contributed by atoms with van der Waals surface area (Å²) >= 11 is 1.59. The molecule has 4 unspecified atom stereocenters. The summed E-state index contributed by atoms with van der Waals surface area (Å²) in [5.41, 5.74) is 3.73. The van der Waals surface area contributed by atoms with E-state index < -0.39 is 24.3 Å². The number of rotatable bonds is 11. The van der Waals surface area contributed by atoms with Crippen LogP contribution in [0.1, 0.15) is 65.3 Å². The maximum atomic E-state index is 12.2. The van der Waals surface area contributed by atoms with Crippen LogP contribution in [0.4, 0.5) is 0 Å². The summed E-state index contributed by atoms with van der Waals surface area (Å²) in [6.07, 6.45) is -1.26. The Labute approximate surface area is 242 Å². The molecule has 0 spiro atoms. The molecule has 0 saturated carbocycles. The molecular formula is C31H33NO8S. The van der Waals surface area contributed by atoms with E-state index in [-0.39, 0.29) is 36.8 Å². The molecule has 3 aromatic rings. The molecule has 0 bridgehead atoms. The van der Waals surface area contributed by atoms with E-state index in [1.807, 2.05) is 48.5 Å². The van der Waals surface area contributed by atoms with E-state index >= 15 is 0 Å². The second kappa shape index (κ2) is 14.3. The monoisotopic (exact) mass is 579 g/mol. The predicted octanol–water partition coefficient (Wildman–Crippen LogP) is 4.78. The van der Waals surface area contributed by atoms with Crippen LogP contribution in [0.3, 0.4) is 0 Å². The number of carbonyl (C=O) groups is 3. The van der Waals surface area contributed by atoms with Gasteiger partial charge in [0.15, 0.2) is 12.4 Å². The van der Waals surface area contributed by atoms with Gasteiger partial charge in [-0.1, -0.05) is 48.5 Å². The number of aliphatic hydroxyl groups excluding tert-OH is 1. The van der Waals surface area contributed by atoms with E-state index in [2.05, 4.69) is 5.32 Å². The number of carboxylic acid groups (broad SMARTS) is 1. The van der Waals surface area contributed by atoms with Crippen molar-refractivity contribution in [2.45, 2.75) is 62.9 Å². The van der Waals surface area contributed by atoms with Gasteiger partial charge in [-0.2, -0.15) is 0 Å². The summed E-state index contributed by atoms with van der Waals surface area (Å²) in [6.45, 7) is 3.02. The van der Waals surface area contributed by atoms with E-state index in [1.165, 1.54) is 13.8 Å². The number of aromatic carboxylic acids is 1. The topological polar surface area (TPSA) is 131 Å². The minimum absolute atomic E-state index is 0.0348. The van der Waals surface area contributed by atoms with Gasteiger partial charge < -0.3 is 29.7 Å². The molecule has 0 radical (unpaired) electrons. The quantitative estimate of drug-likeness (QED) is 0.217. The zero-order valence-electron chi connectivity index (χ0n) is 22.8. The van der Waals surface area contributed by atoms with E-state index in [4.69, 9.17) is 19.3 Å². The molecule has 1 aliphatic heterocycles. The Hall–Kier alpha value is -3.70. The Kier molecular flexibility index (Phi) is 10.5. The Morgan fingerprint density at radius 1 is 0.951 bits per heavy atom. The van der Waals surface area contributed by atoms with Crippen molar-refractivity contribution < 1.29 is 38.8 Å². The Morgan fingerprint density at radius 3 is 2.20 bits per heavy atom. The Morgan fingerprint density at radius 2 is 1.59 bits per heavy atom. The number of nitrogens with one attached hydrogen (secondary N) is 1. The fraction of sp³-hybridized carbons (Fsp3) is 0.323. The van der Waals surface area contributed by atoms with Crippen LogP contribution in [0.25, 0.3) is 0 Å². The maximum Gasteiger partial charge on any atom is 0.335 e. The van der Waals surface area contributed by atoms with Crippen LogP contribution >= 0.6 is 11.8 Å². The standard InChI is InChI=1S/C31H33NO8S/c1-19(38-20(2)34)29(35)32-16-21-3-9-25(10-4-21)31-39-26(18-41-27-13-11-24(12-14-27)30(36)37)15-28(40-31)23-7-5-22(17-33)6-8-23/h3-14,19,26,28,31,33H,15-18H2,1-2H3,(H,32,35)(H,36,37). The molecule has 3 N–H and O–H groups in total. The van der Waals surface area contributed by atoms with Crippen molar-refractivity contribution in [1.29, 1.82) is 0 Å². The van der Waals surface area contributed by atoms with Crippen molar-refractivity contribution >= 4 is 29.6 Å². The van der Waals surface area contributed by atoms with Gasteiger partial charge in [0, 0.05) is 36.1 Å². The molecule has 1 fully saturated rings. The number of ether oxygens (including phenoxy) is 3. The summed E-state index contributed by atoms with van der Waals surface area (Å²) in [5.74, 6) is -1.21. The molecule has 0 aromatic heterocycles. The molecule has 4 atom stereocenters. The van der Waals surface area contributed by atoms with Gasteiger partial charge >= 0.3 is 11.9 Å². The molecule has 10 heteroatoms. The molecule has 41 heavy (non-hydrogen) atoms. The first-order valence-electron chi connectivity index (χ1n) is 13.2. The zero-order chi connectivity index (χ0) is 29.4. The highest BCUT2D eigenvalue weighted by atomic mass is 32.2. The lowest BCUT2D eigenvalue weighted by atomic mass is 10.0. The SMILES string of the molecule is CC(=O)OC(C)C(=O)NCc1ccc(C2OC(CSc3ccc(C(=O)O)cc3)CC(c3ccc(CO)cc3)O2)cc1. The zero-order valence-corrected chi connectivity index (χ0v) is 23.6. The third-order valence-corrected chi connectivity index (χ3v) is 7.73. The lowest BCUT2D eigenvalue weighted by molar-refractivity contribution is -0.245. The number of thioether (sulfide) groups is 1. The number of amides is 1. The van der Waals surface area contributed by atoms with Crippen LogP contribution in [0.15, 0.2) is 77.7 Å². The summed E-state index contributed by atoms with van der Waals surface area (Å²) in [5, 5.41) is 21.3. The summed E-state index contributed by atoms with van der Waals surface area (Å²) in [4.78, 5) is 35.3. The van der Waals surface area contributed by atoms with Crippen LogP contribution in [0.5, 0.6) is 0 Å². The number of hydrogen-bond acceptors (Lipinski definition) is 8. The van der Waals surface area contributed by atoms with Gasteiger partial charge in [-0.25, -0.2) is 4.79 Å². The van der Waals surface area contributed by atoms with Crippen LogP contribution in [-0.2, 0) is 37.0 Å². The normalized spacial score (nSPS) is 19.2. The fourth-order valence-electron chi connectivity index (χ4n) is 4.33. The van der Waals surface area contributed by atoms with E-state index in [0.29, 0.717) is 12.2 Å². The first-order chi connectivity index (χ1) is 19.7. The van der Waals surface area contributed by atoms with Gasteiger partial charge in [0.2, 0.25) is 0 Å². The average Bonchev–Trinajstić information content (AvgIpc) is 2.98. The molecular weight excluding hydrogens is 546 g/mol. The minimum atomic E-state index is -0.961. The van der Waals surface area contributed by atoms with Crippen molar-refractivity contribution in [3.63, 3.8) is 0 Å². The highest BCUT2D eigenvalue weighted by molar-refractivity contribution is 7.99. The van der Waals surface area contributed by atoms with Crippen LogP contribution in [0.2, 0.25) is 0 Å². The van der Waals surface area contributed by atoms with Gasteiger partial charge in [-0.15, -0.1) is 11.8 Å². The lowest BCUT2D eigenvalue weighted by Crippen LogP contribution is -2.35. The van der Waals surface area contributed by atoms with E-state index in [9.17, 15) is 19.5 Å². The second-order valence-electron chi connectivity index (χ2n) is 9.70. The second-order valence-corrected chi connectivity index (χ2v) is 10.8. The predicted molar refractivity (Wildman–Crippen MR) is 152 cm³/mol. The van der Waals surface area contributed by atoms with E-state index in [0.717, 1.165) is 27.1 Å². The van der Waals surface area contributed by atoms with Crippen molar-refractivity contribution in [3.05, 3.63) is 101 Å². The van der Waals surface area contributed by atoms with Crippen LogP contribution < -0.4 is 5.32 Å². The molecule has 1 saturated heterocycles. The number of aliphatic hydroxyl groups is 1. The molecule has 0 aliphatic carbocycles. The Bertz CT molecular complexity index is 1330. The van der Waals surface area contributed by atoms with Crippen LogP contribution in [-0.4, -0.2) is 46.0 Å². The number of carbonyl (C=O) groups excluding carboxylic acids is 2. The number of carboxylic acids is 1. The molecule has 1 heterocycles. The fourth-order valence-corrected chi connectivity index (χ4v) is 5.26. The maximum absolute atomic E-state index is 12.2. The minimum Gasteiger partial charge on any atom is -0.478 e. The van der Waals surface area contributed by atoms with E-state index in [1.54, 1.807) is 36.0 Å².